The third-order valence-corrected chi connectivity index (χ3v) is 10.7. The summed E-state index contributed by atoms with van der Waals surface area (Å²) in [5.41, 5.74) is 2.70. The number of hydrogen-bond donors (Lipinski definition) is 2. The van der Waals surface area contributed by atoms with E-state index in [4.69, 9.17) is 110 Å². The first kappa shape index (κ1) is 39.8. The normalized spacial score (nSPS) is 11.9. The van der Waals surface area contributed by atoms with Gasteiger partial charge >= 0.3 is 0 Å². The first-order valence-electron chi connectivity index (χ1n) is 17.6. The molecule has 0 atom stereocenters. The Morgan fingerprint density at radius 1 is 0.448 bits per heavy atom. The molecule has 0 aliphatic carbocycles. The standard InChI is InChI=1S/C40H14B14N2O2/c41-26-21(37(57)36(51)34(49)30(26)45)16-9-2-1-8-15(16)20-24-22(27(42)31(46)32(47)29(24)44)19(23-25(20)38(58)35(50)33(48)28(23)43)13-6-5-7-14(12-13)56-18-11-4-3-10-17(18)55-39(56)40(52,53)54/h1-12,57-58H. The number of para-hydroxylation sites is 2. The van der Waals surface area contributed by atoms with Gasteiger partial charge < -0.3 is 10.2 Å². The van der Waals surface area contributed by atoms with Crippen molar-refractivity contribution in [1.29, 1.82) is 0 Å². The van der Waals surface area contributed by atoms with E-state index in [0.717, 1.165) is 0 Å². The van der Waals surface area contributed by atoms with Crippen LogP contribution in [-0.4, -0.2) is 130 Å². The maximum Gasteiger partial charge on any atom is 0.118 e. The van der Waals surface area contributed by atoms with Gasteiger partial charge in [-0.25, -0.2) is 4.98 Å². The highest BCUT2D eigenvalue weighted by molar-refractivity contribution is 6.70. The minimum Gasteiger partial charge on any atom is -0.508 e. The van der Waals surface area contributed by atoms with Crippen molar-refractivity contribution in [3.05, 3.63) is 78.6 Å². The number of aromatic hydroxyl groups is 2. The Morgan fingerprint density at radius 3 is 1.55 bits per heavy atom. The summed E-state index contributed by atoms with van der Waals surface area (Å²) in [7, 11) is 91.0. The zero-order chi connectivity index (χ0) is 41.9. The second kappa shape index (κ2) is 14.1. The first-order chi connectivity index (χ1) is 27.4. The lowest BCUT2D eigenvalue weighted by Crippen LogP contribution is -2.48. The Kier molecular flexibility index (Phi) is 9.69. The minimum absolute atomic E-state index is 0.00484. The summed E-state index contributed by atoms with van der Waals surface area (Å²) in [5.74, 6) is -0.728. The summed E-state index contributed by atoms with van der Waals surface area (Å²) in [6.07, 6.45) is 0. The molecule has 1 heterocycles. The van der Waals surface area contributed by atoms with Crippen LogP contribution in [0.1, 0.15) is 5.82 Å². The number of fused-ring (bicyclic) bond motifs is 3. The lowest BCUT2D eigenvalue weighted by molar-refractivity contribution is 0.482. The van der Waals surface area contributed by atoms with Crippen LogP contribution in [0.15, 0.2) is 72.8 Å². The number of imidazole rings is 1. The molecule has 0 fully saturated rings. The SMILES string of the molecule is [B]c1c([B])c([B])c(-c2ccccc2-c2c3c([B])c([B])c([B])c([B])c3c(-c3cccc(-n4c(C([B])([B])[B])nc5ccccc54)c3)c3c([B])c([B])c([B])c(O)c23)c(O)c1[B]. The number of aromatic nitrogens is 2. The molecule has 0 amide bonds. The number of rotatable bonds is 5. The van der Waals surface area contributed by atoms with E-state index in [2.05, 4.69) is 4.98 Å². The molecule has 0 unspecified atom stereocenters. The fraction of sp³-hybridized carbons (Fsp3) is 0.0250. The zero-order valence-electron chi connectivity index (χ0n) is 30.8. The van der Waals surface area contributed by atoms with Crippen molar-refractivity contribution in [2.24, 2.45) is 0 Å². The Hall–Kier alpha value is -4.96. The van der Waals surface area contributed by atoms with Gasteiger partial charge in [-0.15, -0.1) is 27.3 Å². The third-order valence-electron chi connectivity index (χ3n) is 10.7. The highest BCUT2D eigenvalue weighted by Gasteiger charge is 2.29. The van der Waals surface area contributed by atoms with Gasteiger partial charge in [-0.05, 0) is 62.7 Å². The molecular formula is C40H14B14N2O2. The molecule has 18 heteroatoms. The second-order valence-electron chi connectivity index (χ2n) is 14.2. The molecule has 0 aliphatic rings. The molecule has 2 N–H and O–H groups in total. The van der Waals surface area contributed by atoms with E-state index >= 15 is 0 Å². The highest BCUT2D eigenvalue weighted by Crippen LogP contribution is 2.47. The van der Waals surface area contributed by atoms with E-state index in [9.17, 15) is 10.2 Å². The summed E-state index contributed by atoms with van der Waals surface area (Å²) in [4.78, 5) is 4.65. The number of hydrogen-bond acceptors (Lipinski definition) is 3. The number of phenols is 2. The molecule has 1 aromatic heterocycles. The Balaban J connectivity index is 1.61. The quantitative estimate of drug-likeness (QED) is 0.140. The van der Waals surface area contributed by atoms with Gasteiger partial charge in [-0.1, -0.05) is 86.4 Å². The molecule has 28 radical (unpaired) electrons. The lowest BCUT2D eigenvalue weighted by atomic mass is 9.42. The highest BCUT2D eigenvalue weighted by atomic mass is 16.3. The van der Waals surface area contributed by atoms with Crippen LogP contribution >= 0.6 is 0 Å². The van der Waals surface area contributed by atoms with Crippen molar-refractivity contribution < 1.29 is 10.2 Å². The summed E-state index contributed by atoms with van der Waals surface area (Å²) in [6.45, 7) is 0. The number of phenolic OH excluding ortho intramolecular Hbond substituents is 2. The topological polar surface area (TPSA) is 58.3 Å². The molecule has 7 aromatic carbocycles. The van der Waals surface area contributed by atoms with Crippen LogP contribution < -0.4 is 60.1 Å². The maximum absolute atomic E-state index is 12.2. The van der Waals surface area contributed by atoms with E-state index < -0.39 is 16.6 Å². The van der Waals surface area contributed by atoms with E-state index in [1.54, 1.807) is 59.2 Å². The smallest absolute Gasteiger partial charge is 0.118 e. The van der Waals surface area contributed by atoms with Gasteiger partial charge in [0.05, 0.1) is 40.4 Å². The average Bonchev–Trinajstić information content (AvgIpc) is 3.62. The molecule has 0 saturated carbocycles. The van der Waals surface area contributed by atoms with Gasteiger partial charge in [0.2, 0.25) is 0 Å². The van der Waals surface area contributed by atoms with Crippen molar-refractivity contribution in [1.82, 2.24) is 9.55 Å². The van der Waals surface area contributed by atoms with Crippen molar-refractivity contribution >= 4 is 203 Å². The van der Waals surface area contributed by atoms with Crippen LogP contribution in [0.4, 0.5) is 0 Å². The zero-order valence-corrected chi connectivity index (χ0v) is 30.8. The van der Waals surface area contributed by atoms with E-state index in [-0.39, 0.29) is 98.6 Å². The Morgan fingerprint density at radius 2 is 0.931 bits per heavy atom. The van der Waals surface area contributed by atoms with Gasteiger partial charge in [0.15, 0.2) is 0 Å². The third kappa shape index (κ3) is 5.75. The minimum atomic E-state index is -1.85. The van der Waals surface area contributed by atoms with Crippen molar-refractivity contribution in [3.8, 4) is 50.6 Å². The van der Waals surface area contributed by atoms with Crippen molar-refractivity contribution in [3.63, 3.8) is 0 Å². The van der Waals surface area contributed by atoms with Gasteiger partial charge in [-0.3, -0.25) is 4.57 Å². The van der Waals surface area contributed by atoms with Gasteiger partial charge in [0.1, 0.15) is 97.8 Å². The summed E-state index contributed by atoms with van der Waals surface area (Å²) < 4.78 is 1.73. The van der Waals surface area contributed by atoms with Gasteiger partial charge in [-0.2, -0.15) is 0 Å². The molecular weight excluding hydrogens is 692 g/mol. The van der Waals surface area contributed by atoms with Crippen molar-refractivity contribution in [2.75, 3.05) is 0 Å². The molecule has 8 rings (SSSR count). The number of benzene rings is 7. The summed E-state index contributed by atoms with van der Waals surface area (Å²) in [5, 5.41) is 22.6. The number of nitrogens with zero attached hydrogens (tertiary/aromatic N) is 2. The molecule has 0 spiro atoms. The molecule has 0 saturated heterocycles. The van der Waals surface area contributed by atoms with E-state index in [1.807, 2.05) is 18.2 Å². The average molecular weight is 706 g/mol. The lowest BCUT2D eigenvalue weighted by Gasteiger charge is -2.29. The van der Waals surface area contributed by atoms with Gasteiger partial charge in [0.25, 0.3) is 0 Å². The predicted molar refractivity (Wildman–Crippen MR) is 254 cm³/mol. The predicted octanol–water partition coefficient (Wildman–Crippen LogP) is -4.91. The van der Waals surface area contributed by atoms with Crippen LogP contribution in [0.5, 0.6) is 11.5 Å². The summed E-state index contributed by atoms with van der Waals surface area (Å²) >= 11 is 0. The fourth-order valence-electron chi connectivity index (χ4n) is 7.84. The molecule has 0 bridgehead atoms. The molecule has 4 nitrogen and oxygen atoms in total. The molecule has 238 valence electrons. The Bertz CT molecular complexity index is 2990. The molecule has 0 aliphatic heterocycles. The molecule has 8 aromatic rings. The van der Waals surface area contributed by atoms with Crippen LogP contribution in [0.2, 0.25) is 0 Å². The monoisotopic (exact) mass is 708 g/mol. The van der Waals surface area contributed by atoms with Crippen LogP contribution in [0.3, 0.4) is 0 Å². The maximum atomic E-state index is 12.2. The Labute approximate surface area is 354 Å². The molecule has 58 heavy (non-hydrogen) atoms. The van der Waals surface area contributed by atoms with E-state index in [1.165, 1.54) is 0 Å². The largest absolute Gasteiger partial charge is 0.508 e. The first-order valence-corrected chi connectivity index (χ1v) is 17.6. The van der Waals surface area contributed by atoms with Crippen LogP contribution in [0, 0.1) is 0 Å². The van der Waals surface area contributed by atoms with Crippen molar-refractivity contribution in [2.45, 2.75) is 5.11 Å². The summed E-state index contributed by atoms with van der Waals surface area (Å²) in [6, 6.07) is 21.2. The van der Waals surface area contributed by atoms with Crippen LogP contribution in [-0.2, 0) is 5.11 Å². The van der Waals surface area contributed by atoms with E-state index in [0.29, 0.717) is 39.0 Å². The van der Waals surface area contributed by atoms with Crippen LogP contribution in [0.25, 0.3) is 71.6 Å². The fourth-order valence-corrected chi connectivity index (χ4v) is 7.84. The van der Waals surface area contributed by atoms with Gasteiger partial charge in [0, 0.05) is 22.2 Å². The second-order valence-corrected chi connectivity index (χ2v) is 14.2.